The van der Waals surface area contributed by atoms with Crippen LogP contribution in [0.4, 0.5) is 0 Å². The van der Waals surface area contributed by atoms with Gasteiger partial charge in [0.1, 0.15) is 10.7 Å². The third kappa shape index (κ3) is 2.66. The van der Waals surface area contributed by atoms with Crippen LogP contribution in [0.5, 0.6) is 0 Å². The first-order valence-corrected chi connectivity index (χ1v) is 8.76. The van der Waals surface area contributed by atoms with Gasteiger partial charge in [0, 0.05) is 15.8 Å². The first kappa shape index (κ1) is 14.5. The number of rotatable bonds is 3. The molecule has 0 fully saturated rings. The fraction of sp³-hybridized carbons (Fsp3) is 0.118. The van der Waals surface area contributed by atoms with Gasteiger partial charge in [-0.05, 0) is 36.6 Å². The zero-order valence-electron chi connectivity index (χ0n) is 12.4. The van der Waals surface area contributed by atoms with Crippen LogP contribution in [0.25, 0.3) is 21.9 Å². The van der Waals surface area contributed by atoms with Crippen molar-refractivity contribution in [3.63, 3.8) is 0 Å². The Labute approximate surface area is 142 Å². The predicted octanol–water partition coefficient (Wildman–Crippen LogP) is 4.40. The molecule has 0 aliphatic carbocycles. The van der Waals surface area contributed by atoms with E-state index in [1.807, 2.05) is 35.2 Å². The number of hydrogen-bond acceptors (Lipinski definition) is 4. The Kier molecular flexibility index (Phi) is 3.67. The molecule has 0 spiro atoms. The molecule has 4 rings (SSSR count). The van der Waals surface area contributed by atoms with Gasteiger partial charge in [-0.2, -0.15) is 0 Å². The van der Waals surface area contributed by atoms with Gasteiger partial charge in [-0.15, -0.1) is 16.9 Å². The molecule has 4 nitrogen and oxygen atoms in total. The normalized spacial score (nSPS) is 11.4. The maximum absolute atomic E-state index is 6.39. The molecule has 0 atom stereocenters. The second kappa shape index (κ2) is 5.83. The van der Waals surface area contributed by atoms with Crippen LogP contribution in [-0.4, -0.2) is 26.2 Å². The highest BCUT2D eigenvalue weighted by molar-refractivity contribution is 7.98. The maximum atomic E-state index is 6.39. The summed E-state index contributed by atoms with van der Waals surface area (Å²) in [6, 6.07) is 16.2. The van der Waals surface area contributed by atoms with Crippen molar-refractivity contribution in [2.45, 2.75) is 11.4 Å². The average Bonchev–Trinajstić information content (AvgIpc) is 2.98. The fourth-order valence-corrected chi connectivity index (χ4v) is 3.24. The van der Waals surface area contributed by atoms with E-state index in [2.05, 4.69) is 39.6 Å². The highest BCUT2D eigenvalue weighted by atomic mass is 35.5. The van der Waals surface area contributed by atoms with Gasteiger partial charge in [-0.3, -0.25) is 0 Å². The van der Waals surface area contributed by atoms with Crippen molar-refractivity contribution in [3.8, 4) is 0 Å². The Morgan fingerprint density at radius 1 is 1.09 bits per heavy atom. The van der Waals surface area contributed by atoms with Crippen molar-refractivity contribution < 1.29 is 0 Å². The summed E-state index contributed by atoms with van der Waals surface area (Å²) in [6.07, 6.45) is 2.05. The number of para-hydroxylation sites is 1. The highest BCUT2D eigenvalue weighted by Gasteiger charge is 2.10. The highest BCUT2D eigenvalue weighted by Crippen LogP contribution is 2.25. The van der Waals surface area contributed by atoms with Gasteiger partial charge in [0.05, 0.1) is 17.6 Å². The number of nitrogens with zero attached hydrogens (tertiary/aromatic N) is 4. The molecule has 4 aromatic rings. The molecule has 114 valence electrons. The second-order valence-corrected chi connectivity index (χ2v) is 6.47. The quantitative estimate of drug-likeness (QED) is 0.409. The SMILES string of the molecule is CSc1ccc2cc(Cn3nnc4ccccc43)c(Cl)nc2c1. The van der Waals surface area contributed by atoms with Gasteiger partial charge < -0.3 is 0 Å². The lowest BCUT2D eigenvalue weighted by Crippen LogP contribution is -2.03. The third-order valence-corrected chi connectivity index (χ3v) is 4.84. The Balaban J connectivity index is 1.78. The summed E-state index contributed by atoms with van der Waals surface area (Å²) in [7, 11) is 0. The van der Waals surface area contributed by atoms with E-state index in [0.717, 1.165) is 27.5 Å². The Hall–Kier alpha value is -2.11. The molecule has 0 amide bonds. The fourth-order valence-electron chi connectivity index (χ4n) is 2.60. The number of thioether (sulfide) groups is 1. The minimum Gasteiger partial charge on any atom is -0.240 e. The van der Waals surface area contributed by atoms with Crippen LogP contribution in [0.15, 0.2) is 53.4 Å². The van der Waals surface area contributed by atoms with Crippen LogP contribution in [0, 0.1) is 0 Å². The summed E-state index contributed by atoms with van der Waals surface area (Å²) < 4.78 is 1.85. The number of halogens is 1. The van der Waals surface area contributed by atoms with Gasteiger partial charge in [0.15, 0.2) is 0 Å². The summed E-state index contributed by atoms with van der Waals surface area (Å²) in [5, 5.41) is 9.98. The maximum Gasteiger partial charge on any atom is 0.134 e. The molecule has 6 heteroatoms. The molecule has 2 aromatic heterocycles. The molecule has 0 bridgehead atoms. The summed E-state index contributed by atoms with van der Waals surface area (Å²) >= 11 is 8.08. The Bertz CT molecular complexity index is 1010. The lowest BCUT2D eigenvalue weighted by atomic mass is 10.1. The Morgan fingerprint density at radius 2 is 1.96 bits per heavy atom. The third-order valence-electron chi connectivity index (χ3n) is 3.79. The zero-order chi connectivity index (χ0) is 15.8. The monoisotopic (exact) mass is 340 g/mol. The van der Waals surface area contributed by atoms with Crippen molar-refractivity contribution in [2.24, 2.45) is 0 Å². The van der Waals surface area contributed by atoms with Crippen LogP contribution in [-0.2, 0) is 6.54 Å². The van der Waals surface area contributed by atoms with Crippen LogP contribution >= 0.6 is 23.4 Å². The van der Waals surface area contributed by atoms with Crippen LogP contribution in [0.1, 0.15) is 5.56 Å². The molecule has 23 heavy (non-hydrogen) atoms. The minimum absolute atomic E-state index is 0.510. The molecular weight excluding hydrogens is 328 g/mol. The molecule has 0 saturated carbocycles. The molecule has 0 N–H and O–H groups in total. The summed E-state index contributed by atoms with van der Waals surface area (Å²) in [5.41, 5.74) is 3.71. The number of benzene rings is 2. The van der Waals surface area contributed by atoms with E-state index >= 15 is 0 Å². The Morgan fingerprint density at radius 3 is 2.83 bits per heavy atom. The standard InChI is InChI=1S/C17H13ClN4S/c1-23-13-7-6-11-8-12(17(18)19-15(11)9-13)10-22-16-5-3-2-4-14(16)20-21-22/h2-9H,10H2,1H3. The number of fused-ring (bicyclic) bond motifs is 2. The van der Waals surface area contributed by atoms with Gasteiger partial charge >= 0.3 is 0 Å². The van der Waals surface area contributed by atoms with Gasteiger partial charge in [0.25, 0.3) is 0 Å². The van der Waals surface area contributed by atoms with Crippen molar-refractivity contribution >= 4 is 45.3 Å². The second-order valence-electron chi connectivity index (χ2n) is 5.23. The molecule has 0 aliphatic heterocycles. The zero-order valence-corrected chi connectivity index (χ0v) is 14.0. The van der Waals surface area contributed by atoms with E-state index in [9.17, 15) is 0 Å². The van der Waals surface area contributed by atoms with Crippen molar-refractivity contribution in [2.75, 3.05) is 6.26 Å². The molecule has 2 aromatic carbocycles. The van der Waals surface area contributed by atoms with Gasteiger partial charge in [0.2, 0.25) is 0 Å². The molecule has 0 unspecified atom stereocenters. The van der Waals surface area contributed by atoms with Crippen molar-refractivity contribution in [1.82, 2.24) is 20.0 Å². The van der Waals surface area contributed by atoms with E-state index in [-0.39, 0.29) is 0 Å². The van der Waals surface area contributed by atoms with Crippen LogP contribution in [0.2, 0.25) is 5.15 Å². The molecule has 0 aliphatic rings. The predicted molar refractivity (Wildman–Crippen MR) is 95.2 cm³/mol. The smallest absolute Gasteiger partial charge is 0.134 e. The lowest BCUT2D eigenvalue weighted by molar-refractivity contribution is 0.669. The van der Waals surface area contributed by atoms with E-state index in [0.29, 0.717) is 11.7 Å². The molecular formula is C17H13ClN4S. The van der Waals surface area contributed by atoms with Gasteiger partial charge in [-0.1, -0.05) is 35.0 Å². The summed E-state index contributed by atoms with van der Waals surface area (Å²) in [4.78, 5) is 5.71. The number of hydrogen-bond donors (Lipinski definition) is 0. The van der Waals surface area contributed by atoms with E-state index < -0.39 is 0 Å². The first-order chi connectivity index (χ1) is 11.2. The lowest BCUT2D eigenvalue weighted by Gasteiger charge is -2.08. The van der Waals surface area contributed by atoms with E-state index in [4.69, 9.17) is 11.6 Å². The topological polar surface area (TPSA) is 43.6 Å². The van der Waals surface area contributed by atoms with Crippen LogP contribution < -0.4 is 0 Å². The molecule has 0 saturated heterocycles. The number of pyridine rings is 1. The minimum atomic E-state index is 0.510. The first-order valence-electron chi connectivity index (χ1n) is 7.16. The van der Waals surface area contributed by atoms with Crippen molar-refractivity contribution in [1.29, 1.82) is 0 Å². The summed E-state index contributed by atoms with van der Waals surface area (Å²) in [6.45, 7) is 0.548. The van der Waals surface area contributed by atoms with Crippen molar-refractivity contribution in [3.05, 3.63) is 59.2 Å². The van der Waals surface area contributed by atoms with E-state index in [1.165, 1.54) is 4.90 Å². The van der Waals surface area contributed by atoms with Crippen LogP contribution in [0.3, 0.4) is 0 Å². The number of aromatic nitrogens is 4. The molecule has 0 radical (unpaired) electrons. The largest absolute Gasteiger partial charge is 0.240 e. The average molecular weight is 341 g/mol. The summed E-state index contributed by atoms with van der Waals surface area (Å²) in [5.74, 6) is 0. The molecule has 2 heterocycles. The van der Waals surface area contributed by atoms with Gasteiger partial charge in [-0.25, -0.2) is 9.67 Å². The van der Waals surface area contributed by atoms with E-state index in [1.54, 1.807) is 11.8 Å².